The molecular weight excluding hydrogens is 210 g/mol. The Morgan fingerprint density at radius 3 is 2.41 bits per heavy atom. The molecule has 0 aromatic heterocycles. The number of benzene rings is 2. The van der Waals surface area contributed by atoms with Gasteiger partial charge in [0.1, 0.15) is 5.75 Å². The molecular formula is C15H17NO. The van der Waals surface area contributed by atoms with Crippen molar-refractivity contribution < 1.29 is 4.74 Å². The SMILES string of the molecule is CNc1ccc(Cc2cccc(OC)c2)cc1. The van der Waals surface area contributed by atoms with Gasteiger partial charge in [-0.1, -0.05) is 24.3 Å². The Bertz CT molecular complexity index is 477. The van der Waals surface area contributed by atoms with Crippen molar-refractivity contribution in [2.45, 2.75) is 6.42 Å². The molecule has 17 heavy (non-hydrogen) atoms. The van der Waals surface area contributed by atoms with Crippen LogP contribution in [0, 0.1) is 0 Å². The normalized spacial score (nSPS) is 10.0. The quantitative estimate of drug-likeness (QED) is 0.865. The van der Waals surface area contributed by atoms with Crippen molar-refractivity contribution in [3.63, 3.8) is 0 Å². The lowest BCUT2D eigenvalue weighted by molar-refractivity contribution is 0.414. The zero-order valence-electron chi connectivity index (χ0n) is 10.2. The van der Waals surface area contributed by atoms with Crippen LogP contribution in [0.3, 0.4) is 0 Å². The van der Waals surface area contributed by atoms with Gasteiger partial charge >= 0.3 is 0 Å². The summed E-state index contributed by atoms with van der Waals surface area (Å²) in [4.78, 5) is 0. The lowest BCUT2D eigenvalue weighted by atomic mass is 10.0. The van der Waals surface area contributed by atoms with E-state index in [2.05, 4.69) is 41.7 Å². The van der Waals surface area contributed by atoms with Crippen molar-refractivity contribution in [3.05, 3.63) is 59.7 Å². The second-order valence-corrected chi connectivity index (χ2v) is 3.98. The predicted molar refractivity (Wildman–Crippen MR) is 71.8 cm³/mol. The fourth-order valence-electron chi connectivity index (χ4n) is 1.81. The summed E-state index contributed by atoms with van der Waals surface area (Å²) in [6.45, 7) is 0. The Labute approximate surface area is 102 Å². The monoisotopic (exact) mass is 227 g/mol. The van der Waals surface area contributed by atoms with E-state index < -0.39 is 0 Å². The topological polar surface area (TPSA) is 21.3 Å². The molecule has 0 saturated heterocycles. The predicted octanol–water partition coefficient (Wildman–Crippen LogP) is 3.33. The third-order valence-corrected chi connectivity index (χ3v) is 2.79. The van der Waals surface area contributed by atoms with Crippen LogP contribution in [0.15, 0.2) is 48.5 Å². The maximum Gasteiger partial charge on any atom is 0.119 e. The van der Waals surface area contributed by atoms with Crippen molar-refractivity contribution >= 4 is 5.69 Å². The average Bonchev–Trinajstić information content (AvgIpc) is 2.40. The van der Waals surface area contributed by atoms with E-state index in [0.29, 0.717) is 0 Å². The molecule has 2 nitrogen and oxygen atoms in total. The standard InChI is InChI=1S/C15H17NO/c1-16-14-8-6-12(7-9-14)10-13-4-3-5-15(11-13)17-2/h3-9,11,16H,10H2,1-2H3. The van der Waals surface area contributed by atoms with Crippen molar-refractivity contribution in [2.24, 2.45) is 0 Å². The van der Waals surface area contributed by atoms with Gasteiger partial charge in [0.2, 0.25) is 0 Å². The molecule has 0 unspecified atom stereocenters. The molecule has 0 atom stereocenters. The van der Waals surface area contributed by atoms with Crippen molar-refractivity contribution in [2.75, 3.05) is 19.5 Å². The van der Waals surface area contributed by atoms with E-state index in [1.165, 1.54) is 11.1 Å². The number of hydrogen-bond acceptors (Lipinski definition) is 2. The summed E-state index contributed by atoms with van der Waals surface area (Å²) < 4.78 is 5.22. The van der Waals surface area contributed by atoms with E-state index in [0.717, 1.165) is 17.9 Å². The van der Waals surface area contributed by atoms with E-state index in [4.69, 9.17) is 4.74 Å². The summed E-state index contributed by atoms with van der Waals surface area (Å²) in [7, 11) is 3.62. The van der Waals surface area contributed by atoms with Gasteiger partial charge in [0.25, 0.3) is 0 Å². The fourth-order valence-corrected chi connectivity index (χ4v) is 1.81. The number of nitrogens with one attached hydrogen (secondary N) is 1. The molecule has 2 rings (SSSR count). The van der Waals surface area contributed by atoms with Crippen LogP contribution in [0.25, 0.3) is 0 Å². The molecule has 0 aliphatic rings. The van der Waals surface area contributed by atoms with Crippen LogP contribution in [0.1, 0.15) is 11.1 Å². The highest BCUT2D eigenvalue weighted by Crippen LogP contribution is 2.17. The van der Waals surface area contributed by atoms with Crippen LogP contribution < -0.4 is 10.1 Å². The van der Waals surface area contributed by atoms with Gasteiger partial charge < -0.3 is 10.1 Å². The van der Waals surface area contributed by atoms with Crippen LogP contribution in [0.4, 0.5) is 5.69 Å². The molecule has 1 N–H and O–H groups in total. The molecule has 0 bridgehead atoms. The van der Waals surface area contributed by atoms with Crippen molar-refractivity contribution in [1.82, 2.24) is 0 Å². The van der Waals surface area contributed by atoms with E-state index in [1.54, 1.807) is 7.11 Å². The first-order chi connectivity index (χ1) is 8.31. The Balaban J connectivity index is 2.13. The lowest BCUT2D eigenvalue weighted by Gasteiger charge is -2.06. The minimum atomic E-state index is 0.911. The summed E-state index contributed by atoms with van der Waals surface area (Å²) >= 11 is 0. The molecule has 0 fully saturated rings. The number of anilines is 1. The van der Waals surface area contributed by atoms with E-state index in [-0.39, 0.29) is 0 Å². The Morgan fingerprint density at radius 2 is 1.76 bits per heavy atom. The van der Waals surface area contributed by atoms with E-state index in [9.17, 15) is 0 Å². The number of ether oxygens (including phenoxy) is 1. The fraction of sp³-hybridized carbons (Fsp3) is 0.200. The molecule has 2 heteroatoms. The molecule has 2 aromatic carbocycles. The Kier molecular flexibility index (Phi) is 3.66. The summed E-state index contributed by atoms with van der Waals surface area (Å²) in [5.41, 5.74) is 3.71. The third kappa shape index (κ3) is 3.00. The minimum Gasteiger partial charge on any atom is -0.497 e. The Morgan fingerprint density at radius 1 is 1.00 bits per heavy atom. The Hall–Kier alpha value is -1.96. The van der Waals surface area contributed by atoms with E-state index >= 15 is 0 Å². The highest BCUT2D eigenvalue weighted by molar-refractivity contribution is 5.45. The summed E-state index contributed by atoms with van der Waals surface area (Å²) in [5, 5.41) is 3.12. The molecule has 88 valence electrons. The molecule has 0 radical (unpaired) electrons. The third-order valence-electron chi connectivity index (χ3n) is 2.79. The van der Waals surface area contributed by atoms with Gasteiger partial charge in [-0.25, -0.2) is 0 Å². The van der Waals surface area contributed by atoms with Gasteiger partial charge in [0, 0.05) is 12.7 Å². The molecule has 0 amide bonds. The van der Waals surface area contributed by atoms with Gasteiger partial charge in [0.05, 0.1) is 7.11 Å². The molecule has 0 aliphatic carbocycles. The van der Waals surface area contributed by atoms with Gasteiger partial charge in [-0.3, -0.25) is 0 Å². The van der Waals surface area contributed by atoms with Crippen LogP contribution in [-0.2, 0) is 6.42 Å². The second kappa shape index (κ2) is 5.39. The molecule has 0 heterocycles. The summed E-state index contributed by atoms with van der Waals surface area (Å²) in [6, 6.07) is 16.7. The first kappa shape index (κ1) is 11.5. The second-order valence-electron chi connectivity index (χ2n) is 3.98. The number of rotatable bonds is 4. The highest BCUT2D eigenvalue weighted by atomic mass is 16.5. The van der Waals surface area contributed by atoms with Gasteiger partial charge in [0.15, 0.2) is 0 Å². The summed E-state index contributed by atoms with van der Waals surface area (Å²) in [5.74, 6) is 0.911. The molecule has 0 spiro atoms. The average molecular weight is 227 g/mol. The number of methoxy groups -OCH3 is 1. The number of hydrogen-bond donors (Lipinski definition) is 1. The van der Waals surface area contributed by atoms with E-state index in [1.807, 2.05) is 19.2 Å². The molecule has 0 saturated carbocycles. The zero-order chi connectivity index (χ0) is 12.1. The van der Waals surface area contributed by atoms with Crippen molar-refractivity contribution in [3.8, 4) is 5.75 Å². The van der Waals surface area contributed by atoms with Gasteiger partial charge in [-0.2, -0.15) is 0 Å². The maximum absolute atomic E-state index is 5.22. The van der Waals surface area contributed by atoms with Gasteiger partial charge in [-0.05, 0) is 41.8 Å². The van der Waals surface area contributed by atoms with Crippen LogP contribution >= 0.6 is 0 Å². The smallest absolute Gasteiger partial charge is 0.119 e. The van der Waals surface area contributed by atoms with Crippen LogP contribution in [0.2, 0.25) is 0 Å². The zero-order valence-corrected chi connectivity index (χ0v) is 10.2. The maximum atomic E-state index is 5.22. The van der Waals surface area contributed by atoms with Crippen LogP contribution in [-0.4, -0.2) is 14.2 Å². The van der Waals surface area contributed by atoms with Crippen molar-refractivity contribution in [1.29, 1.82) is 0 Å². The summed E-state index contributed by atoms with van der Waals surface area (Å²) in [6.07, 6.45) is 0.932. The minimum absolute atomic E-state index is 0.911. The molecule has 2 aromatic rings. The first-order valence-corrected chi connectivity index (χ1v) is 5.71. The molecule has 0 aliphatic heterocycles. The highest BCUT2D eigenvalue weighted by Gasteiger charge is 1.98. The first-order valence-electron chi connectivity index (χ1n) is 5.71. The van der Waals surface area contributed by atoms with Crippen LogP contribution in [0.5, 0.6) is 5.75 Å². The largest absolute Gasteiger partial charge is 0.497 e. The van der Waals surface area contributed by atoms with Gasteiger partial charge in [-0.15, -0.1) is 0 Å². The lowest BCUT2D eigenvalue weighted by Crippen LogP contribution is -1.91.